The molecule has 0 aliphatic heterocycles. The van der Waals surface area contributed by atoms with Gasteiger partial charge in [0.1, 0.15) is 4.83 Å². The standard InChI is InChI=1S/C23H21ClN4OS/c1-13-9-10-15(17(24)11-13)19-16-12-18(30-21(16)27-22(25)26-19)20(29)28-23(2,3)14-7-5-4-6-8-14/h4-12H,1-3H3,(H,28,29)(H2,25,26,27). The number of thiophene rings is 1. The van der Waals surface area contributed by atoms with Crippen LogP contribution in [0.5, 0.6) is 0 Å². The Morgan fingerprint density at radius 1 is 1.10 bits per heavy atom. The maximum absolute atomic E-state index is 13.0. The number of nitrogens with one attached hydrogen (secondary N) is 1. The molecule has 0 aliphatic rings. The SMILES string of the molecule is Cc1ccc(-c2nc(N)nc3sc(C(=O)NC(C)(C)c4ccccc4)cc23)c(Cl)c1. The Morgan fingerprint density at radius 3 is 2.53 bits per heavy atom. The van der Waals surface area contributed by atoms with Gasteiger partial charge in [-0.2, -0.15) is 0 Å². The highest BCUT2D eigenvalue weighted by atomic mass is 35.5. The van der Waals surface area contributed by atoms with Gasteiger partial charge in [0.15, 0.2) is 0 Å². The number of amides is 1. The largest absolute Gasteiger partial charge is 0.368 e. The van der Waals surface area contributed by atoms with Gasteiger partial charge >= 0.3 is 0 Å². The molecule has 0 fully saturated rings. The molecule has 2 aromatic heterocycles. The number of fused-ring (bicyclic) bond motifs is 1. The van der Waals surface area contributed by atoms with E-state index in [4.69, 9.17) is 17.3 Å². The number of nitrogens with zero attached hydrogens (tertiary/aromatic N) is 2. The van der Waals surface area contributed by atoms with E-state index in [1.165, 1.54) is 11.3 Å². The van der Waals surface area contributed by atoms with Crippen molar-refractivity contribution in [1.82, 2.24) is 15.3 Å². The fourth-order valence-corrected chi connectivity index (χ4v) is 4.60. The molecule has 2 heterocycles. The highest BCUT2D eigenvalue weighted by molar-refractivity contribution is 7.20. The molecule has 30 heavy (non-hydrogen) atoms. The van der Waals surface area contributed by atoms with Gasteiger partial charge in [-0.3, -0.25) is 4.79 Å². The van der Waals surface area contributed by atoms with Crippen LogP contribution < -0.4 is 11.1 Å². The molecular weight excluding hydrogens is 416 g/mol. The van der Waals surface area contributed by atoms with E-state index < -0.39 is 5.54 Å². The molecular formula is C23H21ClN4OS. The van der Waals surface area contributed by atoms with Gasteiger partial charge < -0.3 is 11.1 Å². The normalized spacial score (nSPS) is 11.6. The van der Waals surface area contributed by atoms with Gasteiger partial charge in [-0.1, -0.05) is 54.1 Å². The van der Waals surface area contributed by atoms with E-state index in [2.05, 4.69) is 15.3 Å². The number of aryl methyl sites for hydroxylation is 1. The average molecular weight is 437 g/mol. The minimum Gasteiger partial charge on any atom is -0.368 e. The fraction of sp³-hybridized carbons (Fsp3) is 0.174. The number of carbonyl (C=O) groups excluding carboxylic acids is 1. The number of halogens is 1. The quantitative estimate of drug-likeness (QED) is 0.438. The maximum atomic E-state index is 13.0. The number of nitrogens with two attached hydrogens (primary N) is 1. The Kier molecular flexibility index (Phi) is 5.22. The molecule has 4 rings (SSSR count). The lowest BCUT2D eigenvalue weighted by Gasteiger charge is -2.26. The Labute approximate surface area is 183 Å². The van der Waals surface area contributed by atoms with Crippen molar-refractivity contribution in [2.24, 2.45) is 0 Å². The zero-order chi connectivity index (χ0) is 21.5. The number of carbonyl (C=O) groups is 1. The van der Waals surface area contributed by atoms with Crippen LogP contribution in [-0.2, 0) is 5.54 Å². The van der Waals surface area contributed by atoms with Gasteiger partial charge in [-0.25, -0.2) is 9.97 Å². The van der Waals surface area contributed by atoms with Gasteiger partial charge in [0, 0.05) is 10.9 Å². The summed E-state index contributed by atoms with van der Waals surface area (Å²) < 4.78 is 0. The topological polar surface area (TPSA) is 80.9 Å². The van der Waals surface area contributed by atoms with Crippen LogP contribution in [-0.4, -0.2) is 15.9 Å². The molecule has 0 bridgehead atoms. The lowest BCUT2D eigenvalue weighted by molar-refractivity contribution is 0.0916. The number of rotatable bonds is 4. The second-order valence-corrected chi connectivity index (χ2v) is 9.13. The minimum atomic E-state index is -0.525. The molecule has 4 aromatic rings. The molecule has 0 spiro atoms. The second kappa shape index (κ2) is 7.70. The van der Waals surface area contributed by atoms with Crippen molar-refractivity contribution < 1.29 is 4.79 Å². The Balaban J connectivity index is 1.74. The molecule has 2 aromatic carbocycles. The van der Waals surface area contributed by atoms with Crippen LogP contribution in [0.25, 0.3) is 21.5 Å². The van der Waals surface area contributed by atoms with Gasteiger partial charge in [0.2, 0.25) is 5.95 Å². The number of hydrogen-bond acceptors (Lipinski definition) is 5. The predicted molar refractivity (Wildman–Crippen MR) is 124 cm³/mol. The molecule has 3 N–H and O–H groups in total. The lowest BCUT2D eigenvalue weighted by atomic mass is 9.94. The van der Waals surface area contributed by atoms with Gasteiger partial charge in [0.25, 0.3) is 5.91 Å². The van der Waals surface area contributed by atoms with E-state index in [0.29, 0.717) is 20.4 Å². The van der Waals surface area contributed by atoms with E-state index >= 15 is 0 Å². The Bertz CT molecular complexity index is 1250. The van der Waals surface area contributed by atoms with Crippen molar-refractivity contribution in [3.63, 3.8) is 0 Å². The molecule has 0 aliphatic carbocycles. The molecule has 0 unspecified atom stereocenters. The van der Waals surface area contributed by atoms with Crippen molar-refractivity contribution in [3.8, 4) is 11.3 Å². The predicted octanol–water partition coefficient (Wildman–Crippen LogP) is 5.57. The minimum absolute atomic E-state index is 0.146. The summed E-state index contributed by atoms with van der Waals surface area (Å²) in [6.07, 6.45) is 0. The van der Waals surface area contributed by atoms with Crippen molar-refractivity contribution in [2.75, 3.05) is 5.73 Å². The van der Waals surface area contributed by atoms with Gasteiger partial charge in [-0.05, 0) is 44.0 Å². The zero-order valence-corrected chi connectivity index (χ0v) is 18.4. The summed E-state index contributed by atoms with van der Waals surface area (Å²) in [4.78, 5) is 23.0. The summed E-state index contributed by atoms with van der Waals surface area (Å²) in [6, 6.07) is 17.4. The van der Waals surface area contributed by atoms with Crippen LogP contribution in [0.2, 0.25) is 5.02 Å². The van der Waals surface area contributed by atoms with E-state index in [0.717, 1.165) is 22.1 Å². The maximum Gasteiger partial charge on any atom is 0.262 e. The summed E-state index contributed by atoms with van der Waals surface area (Å²) in [5.41, 5.74) is 8.88. The van der Waals surface area contributed by atoms with E-state index in [9.17, 15) is 4.79 Å². The molecule has 0 atom stereocenters. The third-order valence-electron chi connectivity index (χ3n) is 4.94. The van der Waals surface area contributed by atoms with Crippen LogP contribution in [0.4, 0.5) is 5.95 Å². The van der Waals surface area contributed by atoms with Crippen molar-refractivity contribution in [1.29, 1.82) is 0 Å². The Hall–Kier alpha value is -2.96. The zero-order valence-electron chi connectivity index (χ0n) is 16.9. The average Bonchev–Trinajstić information content (AvgIpc) is 3.12. The summed E-state index contributed by atoms with van der Waals surface area (Å²) >= 11 is 7.75. The summed E-state index contributed by atoms with van der Waals surface area (Å²) in [6.45, 7) is 5.92. The first-order valence-electron chi connectivity index (χ1n) is 9.46. The number of nitrogen functional groups attached to an aromatic ring is 1. The molecule has 0 saturated heterocycles. The number of benzene rings is 2. The number of hydrogen-bond donors (Lipinski definition) is 2. The van der Waals surface area contributed by atoms with Gasteiger partial charge in [0.05, 0.1) is 21.1 Å². The van der Waals surface area contributed by atoms with Gasteiger partial charge in [-0.15, -0.1) is 11.3 Å². The van der Waals surface area contributed by atoms with Crippen molar-refractivity contribution in [3.05, 3.63) is 75.6 Å². The Morgan fingerprint density at radius 2 is 1.83 bits per heavy atom. The molecule has 5 nitrogen and oxygen atoms in total. The third kappa shape index (κ3) is 3.88. The molecule has 7 heteroatoms. The fourth-order valence-electron chi connectivity index (χ4n) is 3.34. The highest BCUT2D eigenvalue weighted by Gasteiger charge is 2.25. The first-order chi connectivity index (χ1) is 14.2. The summed E-state index contributed by atoms with van der Waals surface area (Å²) in [5.74, 6) is -0.0288. The lowest BCUT2D eigenvalue weighted by Crippen LogP contribution is -2.40. The van der Waals surface area contributed by atoms with Crippen LogP contribution in [0.3, 0.4) is 0 Å². The first kappa shape index (κ1) is 20.3. The van der Waals surface area contributed by atoms with E-state index in [1.807, 2.05) is 69.3 Å². The first-order valence-corrected chi connectivity index (χ1v) is 10.7. The molecule has 0 radical (unpaired) electrons. The smallest absolute Gasteiger partial charge is 0.262 e. The monoisotopic (exact) mass is 436 g/mol. The molecule has 0 saturated carbocycles. The van der Waals surface area contributed by atoms with Crippen LogP contribution >= 0.6 is 22.9 Å². The van der Waals surface area contributed by atoms with Crippen molar-refractivity contribution >= 4 is 45.0 Å². The number of anilines is 1. The summed E-state index contributed by atoms with van der Waals surface area (Å²) in [5, 5.41) is 4.44. The highest BCUT2D eigenvalue weighted by Crippen LogP contribution is 2.36. The van der Waals surface area contributed by atoms with E-state index in [-0.39, 0.29) is 11.9 Å². The van der Waals surface area contributed by atoms with E-state index in [1.54, 1.807) is 6.07 Å². The summed E-state index contributed by atoms with van der Waals surface area (Å²) in [7, 11) is 0. The van der Waals surface area contributed by atoms with Crippen LogP contribution in [0, 0.1) is 6.92 Å². The second-order valence-electron chi connectivity index (χ2n) is 7.69. The molecule has 1 amide bonds. The van der Waals surface area contributed by atoms with Crippen molar-refractivity contribution in [2.45, 2.75) is 26.3 Å². The third-order valence-corrected chi connectivity index (χ3v) is 6.28. The molecule has 152 valence electrons. The van der Waals surface area contributed by atoms with Crippen LogP contribution in [0.1, 0.15) is 34.6 Å². The number of aromatic nitrogens is 2. The van der Waals surface area contributed by atoms with Crippen LogP contribution in [0.15, 0.2) is 54.6 Å².